The second-order valence-electron chi connectivity index (χ2n) is 5.83. The van der Waals surface area contributed by atoms with Gasteiger partial charge in [0.05, 0.1) is 14.7 Å². The zero-order valence-corrected chi connectivity index (χ0v) is 14.3. The lowest BCUT2D eigenvalue weighted by atomic mass is 10.3. The molecule has 0 aliphatic rings. The number of halogens is 3. The highest BCUT2D eigenvalue weighted by Gasteiger charge is 2.38. The molecule has 23 heavy (non-hydrogen) atoms. The number of esters is 1. The standard InChI is InChI=1S/C17H21F3O2Si/c1-5-14(23(3,4)15-9-7-6-8-10-15)11-12-22-16(21)13(2)17(18,19)20/h5-10,14H,1-2,11-12H2,3-4H3. The number of carbonyl (C=O) groups is 1. The minimum atomic E-state index is -4.76. The Hall–Kier alpha value is -1.82. The van der Waals surface area contributed by atoms with Gasteiger partial charge in [-0.05, 0) is 12.0 Å². The monoisotopic (exact) mass is 342 g/mol. The lowest BCUT2D eigenvalue weighted by Gasteiger charge is -2.31. The Morgan fingerprint density at radius 2 is 1.87 bits per heavy atom. The molecule has 0 aromatic heterocycles. The van der Waals surface area contributed by atoms with Crippen molar-refractivity contribution in [2.75, 3.05) is 6.61 Å². The Bertz CT molecular complexity index is 565. The summed E-state index contributed by atoms with van der Waals surface area (Å²) in [6.07, 6.45) is -2.52. The quantitative estimate of drug-likeness (QED) is 0.321. The van der Waals surface area contributed by atoms with Gasteiger partial charge in [0.2, 0.25) is 0 Å². The number of allylic oxidation sites excluding steroid dienone is 1. The van der Waals surface area contributed by atoms with Gasteiger partial charge in [-0.3, -0.25) is 0 Å². The lowest BCUT2D eigenvalue weighted by molar-refractivity contribution is -0.150. The molecular weight excluding hydrogens is 321 g/mol. The van der Waals surface area contributed by atoms with E-state index in [9.17, 15) is 18.0 Å². The molecule has 1 aromatic rings. The van der Waals surface area contributed by atoms with Crippen LogP contribution in [-0.2, 0) is 9.53 Å². The zero-order chi connectivity index (χ0) is 17.7. The third-order valence-electron chi connectivity index (χ3n) is 3.98. The molecule has 0 fully saturated rings. The van der Waals surface area contributed by atoms with E-state index in [2.05, 4.69) is 26.3 Å². The molecule has 0 aliphatic carbocycles. The maximum atomic E-state index is 12.4. The van der Waals surface area contributed by atoms with Crippen molar-refractivity contribution in [1.82, 2.24) is 0 Å². The number of benzene rings is 1. The summed E-state index contributed by atoms with van der Waals surface area (Å²) in [5, 5.41) is 1.22. The number of alkyl halides is 3. The molecule has 2 nitrogen and oxygen atoms in total. The average Bonchev–Trinajstić information content (AvgIpc) is 2.50. The number of rotatable bonds is 7. The Labute approximate surface area is 135 Å². The summed E-state index contributed by atoms with van der Waals surface area (Å²) in [6.45, 7) is 10.8. The van der Waals surface area contributed by atoms with Gasteiger partial charge >= 0.3 is 12.1 Å². The molecule has 0 aliphatic heterocycles. The summed E-state index contributed by atoms with van der Waals surface area (Å²) in [5.74, 6) is -1.42. The molecule has 0 heterocycles. The van der Waals surface area contributed by atoms with E-state index < -0.39 is 25.8 Å². The summed E-state index contributed by atoms with van der Waals surface area (Å²) in [4.78, 5) is 11.3. The third kappa shape index (κ3) is 5.09. The second-order valence-corrected chi connectivity index (χ2v) is 10.6. The van der Waals surface area contributed by atoms with Crippen LogP contribution in [0, 0.1) is 0 Å². The van der Waals surface area contributed by atoms with Crippen LogP contribution in [0.15, 0.2) is 55.1 Å². The summed E-state index contributed by atoms with van der Waals surface area (Å²) < 4.78 is 41.8. The number of hydrogen-bond acceptors (Lipinski definition) is 2. The Morgan fingerprint density at radius 1 is 1.30 bits per heavy atom. The van der Waals surface area contributed by atoms with Gasteiger partial charge in [-0.15, -0.1) is 6.58 Å². The molecule has 1 unspecified atom stereocenters. The maximum absolute atomic E-state index is 12.4. The van der Waals surface area contributed by atoms with Crippen LogP contribution >= 0.6 is 0 Å². The summed E-state index contributed by atoms with van der Waals surface area (Å²) in [6, 6.07) is 9.93. The first-order chi connectivity index (χ1) is 10.6. The van der Waals surface area contributed by atoms with Crippen LogP contribution in [0.5, 0.6) is 0 Å². The van der Waals surface area contributed by atoms with Crippen molar-refractivity contribution in [2.24, 2.45) is 0 Å². The fourth-order valence-electron chi connectivity index (χ4n) is 2.34. The van der Waals surface area contributed by atoms with E-state index in [0.29, 0.717) is 6.42 Å². The van der Waals surface area contributed by atoms with E-state index in [1.165, 1.54) is 5.19 Å². The van der Waals surface area contributed by atoms with Gasteiger partial charge < -0.3 is 4.74 Å². The van der Waals surface area contributed by atoms with E-state index in [-0.39, 0.29) is 12.1 Å². The smallest absolute Gasteiger partial charge is 0.422 e. The molecule has 0 bridgehead atoms. The predicted octanol–water partition coefficient (Wildman–Crippen LogP) is 4.21. The van der Waals surface area contributed by atoms with E-state index in [1.807, 2.05) is 30.3 Å². The molecule has 0 spiro atoms. The number of carbonyl (C=O) groups excluding carboxylic acids is 1. The van der Waals surface area contributed by atoms with Gasteiger partial charge in [0.25, 0.3) is 0 Å². The summed E-state index contributed by atoms with van der Waals surface area (Å²) in [7, 11) is -1.90. The van der Waals surface area contributed by atoms with Crippen molar-refractivity contribution in [3.05, 3.63) is 55.1 Å². The zero-order valence-electron chi connectivity index (χ0n) is 13.3. The largest absolute Gasteiger partial charge is 0.462 e. The van der Waals surface area contributed by atoms with Gasteiger partial charge in [0.15, 0.2) is 0 Å². The molecule has 1 rings (SSSR count). The third-order valence-corrected chi connectivity index (χ3v) is 8.18. The highest BCUT2D eigenvalue weighted by Crippen LogP contribution is 2.28. The highest BCUT2D eigenvalue weighted by molar-refractivity contribution is 6.91. The van der Waals surface area contributed by atoms with Crippen LogP contribution < -0.4 is 5.19 Å². The van der Waals surface area contributed by atoms with Gasteiger partial charge in [0, 0.05) is 0 Å². The van der Waals surface area contributed by atoms with Gasteiger partial charge in [0.1, 0.15) is 5.57 Å². The topological polar surface area (TPSA) is 26.3 Å². The second kappa shape index (κ2) is 7.63. The Balaban J connectivity index is 2.66. The fraction of sp³-hybridized carbons (Fsp3) is 0.353. The normalized spacial score (nSPS) is 13.3. The van der Waals surface area contributed by atoms with Crippen molar-refractivity contribution in [3.63, 3.8) is 0 Å². The molecule has 0 N–H and O–H groups in total. The van der Waals surface area contributed by atoms with E-state index >= 15 is 0 Å². The molecule has 6 heteroatoms. The van der Waals surface area contributed by atoms with Gasteiger partial charge in [-0.1, -0.05) is 61.3 Å². The summed E-state index contributed by atoms with van der Waals surface area (Å²) >= 11 is 0. The molecule has 0 saturated carbocycles. The van der Waals surface area contributed by atoms with Crippen molar-refractivity contribution in [2.45, 2.75) is 31.2 Å². The predicted molar refractivity (Wildman–Crippen MR) is 88.3 cm³/mol. The van der Waals surface area contributed by atoms with Crippen LogP contribution in [0.1, 0.15) is 6.42 Å². The molecule has 126 valence electrons. The van der Waals surface area contributed by atoms with Crippen LogP contribution in [0.4, 0.5) is 13.2 Å². The van der Waals surface area contributed by atoms with Crippen LogP contribution in [0.2, 0.25) is 18.6 Å². The molecule has 0 amide bonds. The van der Waals surface area contributed by atoms with Crippen molar-refractivity contribution in [1.29, 1.82) is 0 Å². The van der Waals surface area contributed by atoms with Crippen molar-refractivity contribution >= 4 is 19.2 Å². The summed E-state index contributed by atoms with van der Waals surface area (Å²) in [5.41, 5.74) is -1.40. The Kier molecular flexibility index (Phi) is 6.38. The number of ether oxygens (including phenoxy) is 1. The first-order valence-corrected chi connectivity index (χ1v) is 10.3. The SMILES string of the molecule is C=CC(CCOC(=O)C(=C)C(F)(F)F)[Si](C)(C)c1ccccc1. The van der Waals surface area contributed by atoms with Crippen molar-refractivity contribution in [3.8, 4) is 0 Å². The maximum Gasteiger partial charge on any atom is 0.422 e. The molecule has 1 atom stereocenters. The molecule has 0 saturated heterocycles. The first kappa shape index (κ1) is 19.2. The first-order valence-electron chi connectivity index (χ1n) is 7.22. The van der Waals surface area contributed by atoms with Crippen molar-refractivity contribution < 1.29 is 22.7 Å². The molecular formula is C17H21F3O2Si. The highest BCUT2D eigenvalue weighted by atomic mass is 28.3. The molecule has 0 radical (unpaired) electrons. The average molecular weight is 342 g/mol. The van der Waals surface area contributed by atoms with Crippen LogP contribution in [0.25, 0.3) is 0 Å². The van der Waals surface area contributed by atoms with Crippen LogP contribution in [-0.4, -0.2) is 26.8 Å². The van der Waals surface area contributed by atoms with Crippen LogP contribution in [0.3, 0.4) is 0 Å². The fourth-order valence-corrected chi connectivity index (χ4v) is 5.25. The lowest BCUT2D eigenvalue weighted by Crippen LogP contribution is -2.45. The van der Waals surface area contributed by atoms with E-state index in [4.69, 9.17) is 4.74 Å². The van der Waals surface area contributed by atoms with E-state index in [1.54, 1.807) is 6.08 Å². The number of hydrogen-bond donors (Lipinski definition) is 0. The minimum absolute atomic E-state index is 0.0804. The molecule has 1 aromatic carbocycles. The van der Waals surface area contributed by atoms with E-state index in [0.717, 1.165) is 0 Å². The van der Waals surface area contributed by atoms with Gasteiger partial charge in [-0.2, -0.15) is 13.2 Å². The minimum Gasteiger partial charge on any atom is -0.462 e. The Morgan fingerprint density at radius 3 is 2.35 bits per heavy atom. The van der Waals surface area contributed by atoms with Gasteiger partial charge in [-0.25, -0.2) is 4.79 Å².